The van der Waals surface area contributed by atoms with Gasteiger partial charge in [-0.05, 0) is 19.3 Å². The monoisotopic (exact) mass is 244 g/mol. The minimum absolute atomic E-state index is 0.189. The lowest BCUT2D eigenvalue weighted by molar-refractivity contribution is -0.144. The van der Waals surface area contributed by atoms with E-state index in [0.717, 1.165) is 0 Å². The minimum Gasteiger partial charge on any atom is -0.480 e. The summed E-state index contributed by atoms with van der Waals surface area (Å²) in [6.45, 7) is 0. The Labute approximate surface area is 98.0 Å². The third-order valence-corrected chi connectivity index (χ3v) is 2.73. The van der Waals surface area contributed by atoms with Crippen molar-refractivity contribution in [3.8, 4) is 0 Å². The van der Waals surface area contributed by atoms with Crippen molar-refractivity contribution in [2.45, 2.75) is 43.9 Å². The zero-order chi connectivity index (χ0) is 13.0. The van der Waals surface area contributed by atoms with Crippen LogP contribution in [0, 0.1) is 0 Å². The zero-order valence-corrected chi connectivity index (χ0v) is 9.26. The van der Waals surface area contributed by atoms with Gasteiger partial charge in [-0.3, -0.25) is 9.59 Å². The number of aliphatic hydroxyl groups is 1. The first-order valence-corrected chi connectivity index (χ1v) is 5.41. The van der Waals surface area contributed by atoms with Gasteiger partial charge in [0.15, 0.2) is 5.78 Å². The van der Waals surface area contributed by atoms with Crippen molar-refractivity contribution in [3.05, 3.63) is 0 Å². The number of amides is 1. The van der Waals surface area contributed by atoms with E-state index in [2.05, 4.69) is 5.32 Å². The Morgan fingerprint density at radius 2 is 2.00 bits per heavy atom. The van der Waals surface area contributed by atoms with Crippen molar-refractivity contribution in [2.24, 2.45) is 5.73 Å². The van der Waals surface area contributed by atoms with E-state index in [4.69, 9.17) is 10.8 Å². The summed E-state index contributed by atoms with van der Waals surface area (Å²) in [6.07, 6.45) is -0.937. The first-order valence-electron chi connectivity index (χ1n) is 5.41. The molecule has 0 radical (unpaired) electrons. The average molecular weight is 244 g/mol. The van der Waals surface area contributed by atoms with E-state index >= 15 is 0 Å². The number of Topliss-reactive ketones (excluding diaryl/α,β-unsaturated/α-hetero) is 1. The molecule has 17 heavy (non-hydrogen) atoms. The predicted octanol–water partition coefficient (Wildman–Crippen LogP) is -1.61. The van der Waals surface area contributed by atoms with Crippen LogP contribution in [-0.2, 0) is 14.4 Å². The molecule has 1 aliphatic heterocycles. The van der Waals surface area contributed by atoms with E-state index in [9.17, 15) is 19.5 Å². The molecule has 1 aliphatic rings. The molecule has 0 aromatic rings. The van der Waals surface area contributed by atoms with Gasteiger partial charge in [-0.2, -0.15) is 0 Å². The molecule has 0 saturated carbocycles. The van der Waals surface area contributed by atoms with E-state index in [1.165, 1.54) is 0 Å². The molecule has 0 aliphatic carbocycles. The highest BCUT2D eigenvalue weighted by Gasteiger charge is 2.28. The molecule has 3 atom stereocenters. The number of aliphatic hydroxyl groups excluding tert-OH is 1. The molecule has 2 unspecified atom stereocenters. The maximum absolute atomic E-state index is 11.4. The molecule has 0 aromatic carbocycles. The Balaban J connectivity index is 2.76. The fourth-order valence-corrected chi connectivity index (χ4v) is 1.66. The Kier molecular flexibility index (Phi) is 4.59. The van der Waals surface area contributed by atoms with Crippen LogP contribution in [0.15, 0.2) is 0 Å². The molecule has 0 spiro atoms. The number of carboxylic acids is 1. The van der Waals surface area contributed by atoms with Crippen molar-refractivity contribution >= 4 is 17.7 Å². The molecule has 0 aromatic heterocycles. The van der Waals surface area contributed by atoms with Crippen LogP contribution in [-0.4, -0.2) is 46.1 Å². The molecule has 7 nitrogen and oxygen atoms in total. The quantitative estimate of drug-likeness (QED) is 0.439. The Hall–Kier alpha value is -1.47. The number of hydrogen-bond donors (Lipinski definition) is 4. The lowest BCUT2D eigenvalue weighted by Gasteiger charge is -2.20. The van der Waals surface area contributed by atoms with E-state index < -0.39 is 30.1 Å². The molecular formula is C10H16N2O5. The highest BCUT2D eigenvalue weighted by atomic mass is 16.4. The van der Waals surface area contributed by atoms with Gasteiger partial charge in [0.25, 0.3) is 0 Å². The summed E-state index contributed by atoms with van der Waals surface area (Å²) >= 11 is 0. The Morgan fingerprint density at radius 1 is 1.35 bits per heavy atom. The van der Waals surface area contributed by atoms with Gasteiger partial charge in [0.2, 0.25) is 5.91 Å². The van der Waals surface area contributed by atoms with Crippen molar-refractivity contribution in [1.29, 1.82) is 0 Å². The van der Waals surface area contributed by atoms with Gasteiger partial charge < -0.3 is 21.3 Å². The van der Waals surface area contributed by atoms with Crippen molar-refractivity contribution in [1.82, 2.24) is 5.32 Å². The van der Waals surface area contributed by atoms with Crippen molar-refractivity contribution in [2.75, 3.05) is 0 Å². The molecule has 1 heterocycles. The zero-order valence-electron chi connectivity index (χ0n) is 9.26. The van der Waals surface area contributed by atoms with Gasteiger partial charge >= 0.3 is 5.97 Å². The van der Waals surface area contributed by atoms with Crippen molar-refractivity contribution in [3.63, 3.8) is 0 Å². The number of nitrogens with one attached hydrogen (secondary N) is 1. The van der Waals surface area contributed by atoms with Crippen LogP contribution in [0.5, 0.6) is 0 Å². The standard InChI is InChI=1S/C10H16N2O5/c11-5-2-1-3-6(10(16)17)12-9(15)8(14)4-7(5)13/h5-6,8,14H,1-4,11H2,(H,12,15)(H,16,17)/t5?,6-,8?/m0/s1. The molecule has 5 N–H and O–H groups in total. The topological polar surface area (TPSA) is 130 Å². The molecule has 0 bridgehead atoms. The maximum atomic E-state index is 11.4. The number of carbonyl (C=O) groups is 3. The summed E-state index contributed by atoms with van der Waals surface area (Å²) in [5, 5.41) is 20.4. The van der Waals surface area contributed by atoms with Crippen LogP contribution in [0.1, 0.15) is 25.7 Å². The van der Waals surface area contributed by atoms with Crippen LogP contribution in [0.2, 0.25) is 0 Å². The highest BCUT2D eigenvalue weighted by Crippen LogP contribution is 2.09. The second-order valence-electron chi connectivity index (χ2n) is 4.12. The molecule has 96 valence electrons. The summed E-state index contributed by atoms with van der Waals surface area (Å²) < 4.78 is 0. The number of ketones is 1. The first kappa shape index (κ1) is 13.6. The molecule has 1 fully saturated rings. The second-order valence-corrected chi connectivity index (χ2v) is 4.12. The lowest BCUT2D eigenvalue weighted by Crippen LogP contribution is -2.48. The maximum Gasteiger partial charge on any atom is 0.326 e. The van der Waals surface area contributed by atoms with Crippen molar-refractivity contribution < 1.29 is 24.6 Å². The Bertz CT molecular complexity index is 331. The largest absolute Gasteiger partial charge is 0.480 e. The van der Waals surface area contributed by atoms with E-state index in [1.54, 1.807) is 0 Å². The van der Waals surface area contributed by atoms with Crippen LogP contribution in [0.3, 0.4) is 0 Å². The first-order chi connectivity index (χ1) is 7.91. The number of rotatable bonds is 1. The molecular weight excluding hydrogens is 228 g/mol. The third-order valence-electron chi connectivity index (χ3n) is 2.73. The Morgan fingerprint density at radius 3 is 2.59 bits per heavy atom. The second kappa shape index (κ2) is 5.74. The van der Waals surface area contributed by atoms with E-state index in [0.29, 0.717) is 12.8 Å². The van der Waals surface area contributed by atoms with Crippen LogP contribution in [0.25, 0.3) is 0 Å². The summed E-state index contributed by atoms with van der Waals surface area (Å²) in [6, 6.07) is -1.79. The fourth-order valence-electron chi connectivity index (χ4n) is 1.66. The lowest BCUT2D eigenvalue weighted by atomic mass is 9.97. The number of aliphatic carboxylic acids is 1. The third kappa shape index (κ3) is 3.79. The van der Waals surface area contributed by atoms with Crippen LogP contribution in [0.4, 0.5) is 0 Å². The van der Waals surface area contributed by atoms with E-state index in [1.807, 2.05) is 0 Å². The SMILES string of the molecule is NC1CCC[C@@H](C(=O)O)NC(=O)C(O)CC1=O. The summed E-state index contributed by atoms with van der Waals surface area (Å²) in [5.74, 6) is -2.40. The van der Waals surface area contributed by atoms with E-state index in [-0.39, 0.29) is 18.6 Å². The minimum atomic E-state index is -1.53. The molecule has 1 rings (SSSR count). The van der Waals surface area contributed by atoms with Gasteiger partial charge in [-0.15, -0.1) is 0 Å². The number of hydrogen-bond acceptors (Lipinski definition) is 5. The molecule has 7 heteroatoms. The summed E-state index contributed by atoms with van der Waals surface area (Å²) in [5.41, 5.74) is 5.56. The highest BCUT2D eigenvalue weighted by molar-refractivity contribution is 5.92. The van der Waals surface area contributed by atoms with Gasteiger partial charge in [0.1, 0.15) is 12.1 Å². The average Bonchev–Trinajstić information content (AvgIpc) is 2.25. The normalized spacial score (nSPS) is 31.8. The summed E-state index contributed by atoms with van der Waals surface area (Å²) in [4.78, 5) is 33.6. The van der Waals surface area contributed by atoms with Gasteiger partial charge in [0, 0.05) is 6.42 Å². The van der Waals surface area contributed by atoms with Gasteiger partial charge in [0.05, 0.1) is 6.04 Å². The van der Waals surface area contributed by atoms with Gasteiger partial charge in [-0.1, -0.05) is 0 Å². The smallest absolute Gasteiger partial charge is 0.326 e. The molecule has 1 amide bonds. The number of nitrogens with two attached hydrogens (primary N) is 1. The number of carboxylic acid groups (broad SMARTS) is 1. The summed E-state index contributed by atoms with van der Waals surface area (Å²) in [7, 11) is 0. The molecule has 1 saturated heterocycles. The van der Waals surface area contributed by atoms with Crippen LogP contribution < -0.4 is 11.1 Å². The number of carbonyl (C=O) groups excluding carboxylic acids is 2. The fraction of sp³-hybridized carbons (Fsp3) is 0.700. The predicted molar refractivity (Wildman–Crippen MR) is 57.0 cm³/mol. The van der Waals surface area contributed by atoms with Gasteiger partial charge in [-0.25, -0.2) is 4.79 Å². The van der Waals surface area contributed by atoms with Crippen LogP contribution >= 0.6 is 0 Å².